The average molecular weight is 349 g/mol. The maximum atomic E-state index is 14.9. The number of hydrogen-bond acceptors (Lipinski definition) is 4. The number of esters is 1. The van der Waals surface area contributed by atoms with Gasteiger partial charge in [-0.3, -0.25) is 4.79 Å². The first-order valence-corrected chi connectivity index (χ1v) is 9.21. The normalized spacial score (nSPS) is 20.0. The van der Waals surface area contributed by atoms with E-state index in [4.69, 9.17) is 4.74 Å². The zero-order valence-corrected chi connectivity index (χ0v) is 15.4. The number of carbonyl (C=O) groups excluding carboxylic acids is 1. The van der Waals surface area contributed by atoms with Crippen LogP contribution in [0.4, 0.5) is 4.39 Å². The number of halogens is 1. The Bertz CT molecular complexity index is 638. The van der Waals surface area contributed by atoms with Gasteiger partial charge in [0.1, 0.15) is 4.75 Å². The van der Waals surface area contributed by atoms with Crippen LogP contribution in [0.25, 0.3) is 0 Å². The van der Waals surface area contributed by atoms with E-state index < -0.39 is 4.75 Å². The molecule has 1 aliphatic heterocycles. The smallest absolute Gasteiger partial charge is 0.322 e. The van der Waals surface area contributed by atoms with Crippen molar-refractivity contribution in [2.75, 3.05) is 13.4 Å². The summed E-state index contributed by atoms with van der Waals surface area (Å²) in [7, 11) is 1.38. The summed E-state index contributed by atoms with van der Waals surface area (Å²) in [6.07, 6.45) is 6.09. The van der Waals surface area contributed by atoms with Crippen LogP contribution in [0.2, 0.25) is 0 Å². The maximum Gasteiger partial charge on any atom is 0.322 e. The van der Waals surface area contributed by atoms with Crippen LogP contribution in [0.3, 0.4) is 0 Å². The largest absolute Gasteiger partial charge is 0.468 e. The van der Waals surface area contributed by atoms with E-state index in [2.05, 4.69) is 0 Å². The van der Waals surface area contributed by atoms with E-state index in [1.165, 1.54) is 18.9 Å². The van der Waals surface area contributed by atoms with E-state index in [9.17, 15) is 9.18 Å². The maximum absolute atomic E-state index is 14.9. The number of allylic oxidation sites excluding steroid dienone is 2. The second kappa shape index (κ2) is 7.88. The molecule has 3 nitrogen and oxygen atoms in total. The summed E-state index contributed by atoms with van der Waals surface area (Å²) in [5, 5.41) is 0. The first kappa shape index (κ1) is 18.6. The van der Waals surface area contributed by atoms with Gasteiger partial charge in [0.25, 0.3) is 0 Å². The number of thioether (sulfide) groups is 1. The van der Waals surface area contributed by atoms with E-state index in [0.29, 0.717) is 18.5 Å². The molecule has 1 unspecified atom stereocenters. The Labute approximate surface area is 147 Å². The lowest BCUT2D eigenvalue weighted by Crippen LogP contribution is -2.44. The molecular weight excluding hydrogens is 325 g/mol. The van der Waals surface area contributed by atoms with E-state index in [-0.39, 0.29) is 17.8 Å². The summed E-state index contributed by atoms with van der Waals surface area (Å²) in [6.45, 7) is 4.15. The fourth-order valence-corrected chi connectivity index (χ4v) is 4.23. The molecule has 130 valence electrons. The van der Waals surface area contributed by atoms with Gasteiger partial charge < -0.3 is 9.64 Å². The predicted octanol–water partition coefficient (Wildman–Crippen LogP) is 4.52. The molecule has 1 aromatic rings. The Kier molecular flexibility index (Phi) is 6.10. The molecule has 0 amide bonds. The molecule has 0 aromatic heterocycles. The standard InChI is InChI=1S/C19H24FNO2S/c1-5-19(24-4,18(22)23-3)16-11-12-21(17(20)14(16)2)13-15-9-7-6-8-10-15/h6-12,16H,5,13H2,1-4H3/t16-,19?/m0/s1. The minimum atomic E-state index is -0.800. The number of methoxy groups -OCH3 is 1. The van der Waals surface area contributed by atoms with Crippen molar-refractivity contribution in [2.24, 2.45) is 5.92 Å². The van der Waals surface area contributed by atoms with Crippen LogP contribution in [-0.4, -0.2) is 29.0 Å². The predicted molar refractivity (Wildman–Crippen MR) is 97.0 cm³/mol. The van der Waals surface area contributed by atoms with E-state index in [1.54, 1.807) is 18.0 Å². The number of hydrogen-bond donors (Lipinski definition) is 0. The summed E-state index contributed by atoms with van der Waals surface area (Å²) in [5.41, 5.74) is 1.60. The number of nitrogens with zero attached hydrogens (tertiary/aromatic N) is 1. The molecule has 0 radical (unpaired) electrons. The van der Waals surface area contributed by atoms with Crippen LogP contribution in [0, 0.1) is 5.92 Å². The number of benzene rings is 1. The molecule has 0 saturated heterocycles. The van der Waals surface area contributed by atoms with Crippen molar-refractivity contribution in [1.29, 1.82) is 0 Å². The van der Waals surface area contributed by atoms with Crippen LogP contribution in [0.5, 0.6) is 0 Å². The van der Waals surface area contributed by atoms with Gasteiger partial charge in [-0.1, -0.05) is 43.3 Å². The Morgan fingerprint density at radius 1 is 1.38 bits per heavy atom. The van der Waals surface area contributed by atoms with Crippen molar-refractivity contribution in [3.8, 4) is 0 Å². The van der Waals surface area contributed by atoms with E-state index in [1.807, 2.05) is 49.6 Å². The van der Waals surface area contributed by atoms with Gasteiger partial charge in [-0.2, -0.15) is 4.39 Å². The van der Waals surface area contributed by atoms with Gasteiger partial charge in [0.15, 0.2) is 5.95 Å². The van der Waals surface area contributed by atoms with Gasteiger partial charge in [0, 0.05) is 18.7 Å². The lowest BCUT2D eigenvalue weighted by Gasteiger charge is -2.38. The molecule has 24 heavy (non-hydrogen) atoms. The van der Waals surface area contributed by atoms with Gasteiger partial charge >= 0.3 is 5.97 Å². The zero-order valence-electron chi connectivity index (χ0n) is 14.6. The molecule has 1 aliphatic rings. The zero-order chi connectivity index (χ0) is 17.7. The molecular formula is C19H24FNO2S. The first-order valence-electron chi connectivity index (χ1n) is 7.98. The summed E-state index contributed by atoms with van der Waals surface area (Å²) in [6, 6.07) is 9.75. The van der Waals surface area contributed by atoms with E-state index in [0.717, 1.165) is 5.56 Å². The van der Waals surface area contributed by atoms with Crippen LogP contribution in [0.1, 0.15) is 25.8 Å². The second-order valence-electron chi connectivity index (χ2n) is 5.85. The molecule has 2 rings (SSSR count). The van der Waals surface area contributed by atoms with Crippen LogP contribution in [0.15, 0.2) is 54.1 Å². The second-order valence-corrected chi connectivity index (χ2v) is 6.98. The minimum Gasteiger partial charge on any atom is -0.468 e. The third-order valence-electron chi connectivity index (χ3n) is 4.62. The monoisotopic (exact) mass is 349 g/mol. The highest BCUT2D eigenvalue weighted by atomic mass is 32.2. The van der Waals surface area contributed by atoms with Crippen molar-refractivity contribution in [3.63, 3.8) is 0 Å². The summed E-state index contributed by atoms with van der Waals surface area (Å²) < 4.78 is 19.1. The summed E-state index contributed by atoms with van der Waals surface area (Å²) in [4.78, 5) is 14.0. The van der Waals surface area contributed by atoms with Gasteiger partial charge in [-0.15, -0.1) is 11.8 Å². The SMILES string of the molecule is CCC(SC)(C(=O)OC)[C@H]1C=CN(Cc2ccccc2)C(F)=C1C. The third-order valence-corrected chi connectivity index (χ3v) is 6.06. The van der Waals surface area contributed by atoms with Crippen LogP contribution < -0.4 is 0 Å². The van der Waals surface area contributed by atoms with Crippen molar-refractivity contribution in [2.45, 2.75) is 31.6 Å². The van der Waals surface area contributed by atoms with Crippen molar-refractivity contribution < 1.29 is 13.9 Å². The molecule has 0 saturated carbocycles. The minimum absolute atomic E-state index is 0.290. The highest BCUT2D eigenvalue weighted by Crippen LogP contribution is 2.44. The topological polar surface area (TPSA) is 29.5 Å². The van der Waals surface area contributed by atoms with Gasteiger partial charge in [-0.05, 0) is 30.7 Å². The summed E-state index contributed by atoms with van der Waals surface area (Å²) >= 11 is 1.42. The van der Waals surface area contributed by atoms with E-state index >= 15 is 0 Å². The Morgan fingerprint density at radius 2 is 2.04 bits per heavy atom. The van der Waals surface area contributed by atoms with Gasteiger partial charge in [0.2, 0.25) is 0 Å². The molecule has 0 bridgehead atoms. The number of carbonyl (C=O) groups is 1. The van der Waals surface area contributed by atoms with Crippen molar-refractivity contribution in [1.82, 2.24) is 4.90 Å². The molecule has 0 fully saturated rings. The molecule has 1 aromatic carbocycles. The quantitative estimate of drug-likeness (QED) is 0.558. The highest BCUT2D eigenvalue weighted by Gasteiger charge is 2.46. The molecule has 5 heteroatoms. The third kappa shape index (κ3) is 3.36. The highest BCUT2D eigenvalue weighted by molar-refractivity contribution is 8.00. The Morgan fingerprint density at radius 3 is 2.58 bits per heavy atom. The number of rotatable bonds is 6. The lowest BCUT2D eigenvalue weighted by molar-refractivity contribution is -0.144. The molecule has 0 aliphatic carbocycles. The van der Waals surface area contributed by atoms with Crippen LogP contribution >= 0.6 is 11.8 Å². The molecule has 0 N–H and O–H groups in total. The average Bonchev–Trinajstić information content (AvgIpc) is 2.62. The Balaban J connectivity index is 2.31. The van der Waals surface area contributed by atoms with Crippen molar-refractivity contribution in [3.05, 3.63) is 59.7 Å². The first-order chi connectivity index (χ1) is 11.5. The summed E-state index contributed by atoms with van der Waals surface area (Å²) in [5.74, 6) is -0.921. The molecule has 0 spiro atoms. The Hall–Kier alpha value is -1.75. The van der Waals surface area contributed by atoms with Gasteiger partial charge in [0.05, 0.1) is 7.11 Å². The van der Waals surface area contributed by atoms with Gasteiger partial charge in [-0.25, -0.2) is 0 Å². The molecule has 1 heterocycles. The van der Waals surface area contributed by atoms with Crippen LogP contribution in [-0.2, 0) is 16.1 Å². The van der Waals surface area contributed by atoms with Crippen molar-refractivity contribution >= 4 is 17.7 Å². The fourth-order valence-electron chi connectivity index (χ4n) is 3.18. The molecule has 2 atom stereocenters. The lowest BCUT2D eigenvalue weighted by atomic mass is 9.82. The number of ether oxygens (including phenoxy) is 1. The fraction of sp³-hybridized carbons (Fsp3) is 0.421.